The van der Waals surface area contributed by atoms with Crippen molar-refractivity contribution in [1.82, 2.24) is 9.62 Å². The van der Waals surface area contributed by atoms with Crippen molar-refractivity contribution < 1.29 is 27.4 Å². The maximum absolute atomic E-state index is 12.3. The Morgan fingerprint density at radius 2 is 1.87 bits per heavy atom. The van der Waals surface area contributed by atoms with Gasteiger partial charge in [0.1, 0.15) is 0 Å². The van der Waals surface area contributed by atoms with Gasteiger partial charge >= 0.3 is 0 Å². The lowest BCUT2D eigenvalue weighted by atomic mass is 10.3. The molecule has 1 aromatic rings. The quantitative estimate of drug-likeness (QED) is 0.771. The van der Waals surface area contributed by atoms with Crippen LogP contribution in [0.15, 0.2) is 23.1 Å². The van der Waals surface area contributed by atoms with E-state index in [9.17, 15) is 13.2 Å². The van der Waals surface area contributed by atoms with Crippen molar-refractivity contribution >= 4 is 15.9 Å². The van der Waals surface area contributed by atoms with E-state index in [1.165, 1.54) is 32.4 Å². The Morgan fingerprint density at radius 1 is 1.22 bits per heavy atom. The van der Waals surface area contributed by atoms with Gasteiger partial charge in [0.2, 0.25) is 15.9 Å². The fraction of sp³-hybridized carbons (Fsp3) is 0.500. The minimum absolute atomic E-state index is 0.00456. The molecular formula is C14H20N2O6S. The molecule has 1 amide bonds. The summed E-state index contributed by atoms with van der Waals surface area (Å²) in [7, 11) is -0.932. The Morgan fingerprint density at radius 3 is 2.48 bits per heavy atom. The molecule has 0 spiro atoms. The van der Waals surface area contributed by atoms with Gasteiger partial charge in [-0.3, -0.25) is 4.79 Å². The monoisotopic (exact) mass is 344 g/mol. The molecule has 2 rings (SSSR count). The van der Waals surface area contributed by atoms with Crippen molar-refractivity contribution in [3.63, 3.8) is 0 Å². The van der Waals surface area contributed by atoms with Crippen LogP contribution in [0, 0.1) is 0 Å². The summed E-state index contributed by atoms with van der Waals surface area (Å²) in [6.07, 6.45) is 0. The van der Waals surface area contributed by atoms with Gasteiger partial charge in [-0.25, -0.2) is 13.1 Å². The average Bonchev–Trinajstić information content (AvgIpc) is 2.59. The standard InChI is InChI=1S/C14H20N2O6S/c1-20-12-4-3-11(9-13(12)21-2)23(18,19)15-10-14(17)16-5-7-22-8-6-16/h3-4,9,15H,5-8,10H2,1-2H3. The normalized spacial score (nSPS) is 15.3. The highest BCUT2D eigenvalue weighted by Crippen LogP contribution is 2.29. The highest BCUT2D eigenvalue weighted by atomic mass is 32.2. The van der Waals surface area contributed by atoms with Crippen LogP contribution in [0.5, 0.6) is 11.5 Å². The lowest BCUT2D eigenvalue weighted by molar-refractivity contribution is -0.133. The van der Waals surface area contributed by atoms with Gasteiger partial charge in [0.15, 0.2) is 11.5 Å². The smallest absolute Gasteiger partial charge is 0.241 e. The van der Waals surface area contributed by atoms with Crippen LogP contribution in [-0.4, -0.2) is 66.3 Å². The zero-order valence-electron chi connectivity index (χ0n) is 13.1. The van der Waals surface area contributed by atoms with Crippen molar-refractivity contribution in [3.8, 4) is 11.5 Å². The van der Waals surface area contributed by atoms with E-state index < -0.39 is 10.0 Å². The van der Waals surface area contributed by atoms with Crippen LogP contribution in [0.4, 0.5) is 0 Å². The minimum atomic E-state index is -3.82. The molecule has 9 heteroatoms. The molecule has 0 radical (unpaired) electrons. The summed E-state index contributed by atoms with van der Waals surface area (Å²) < 4.78 is 42.2. The van der Waals surface area contributed by atoms with Crippen molar-refractivity contribution in [2.75, 3.05) is 47.1 Å². The van der Waals surface area contributed by atoms with Gasteiger partial charge < -0.3 is 19.1 Å². The number of ether oxygens (including phenoxy) is 3. The third-order valence-electron chi connectivity index (χ3n) is 3.44. The van der Waals surface area contributed by atoms with E-state index in [0.29, 0.717) is 37.8 Å². The Kier molecular flexibility index (Phi) is 5.80. The molecule has 1 aromatic carbocycles. The van der Waals surface area contributed by atoms with Crippen LogP contribution < -0.4 is 14.2 Å². The SMILES string of the molecule is COc1ccc(S(=O)(=O)NCC(=O)N2CCOCC2)cc1OC. The summed E-state index contributed by atoms with van der Waals surface area (Å²) in [4.78, 5) is 13.6. The van der Waals surface area contributed by atoms with Crippen LogP contribution in [-0.2, 0) is 19.6 Å². The zero-order valence-corrected chi connectivity index (χ0v) is 13.9. The second kappa shape index (κ2) is 7.62. The van der Waals surface area contributed by atoms with E-state index in [-0.39, 0.29) is 17.3 Å². The van der Waals surface area contributed by atoms with Gasteiger partial charge in [0.25, 0.3) is 0 Å². The molecular weight excluding hydrogens is 324 g/mol. The zero-order chi connectivity index (χ0) is 16.9. The molecule has 23 heavy (non-hydrogen) atoms. The number of sulfonamides is 1. The van der Waals surface area contributed by atoms with E-state index in [2.05, 4.69) is 4.72 Å². The van der Waals surface area contributed by atoms with Crippen molar-refractivity contribution in [1.29, 1.82) is 0 Å². The van der Waals surface area contributed by atoms with Gasteiger partial charge in [-0.1, -0.05) is 0 Å². The molecule has 1 aliphatic heterocycles. The number of carbonyl (C=O) groups is 1. The Hall–Kier alpha value is -1.84. The van der Waals surface area contributed by atoms with Crippen molar-refractivity contribution in [2.24, 2.45) is 0 Å². The Balaban J connectivity index is 2.05. The van der Waals surface area contributed by atoms with Gasteiger partial charge in [-0.15, -0.1) is 0 Å². The summed E-state index contributed by atoms with van der Waals surface area (Å²) >= 11 is 0. The molecule has 1 aliphatic rings. The predicted molar refractivity (Wildman–Crippen MR) is 82.1 cm³/mol. The van der Waals surface area contributed by atoms with Gasteiger partial charge in [-0.05, 0) is 12.1 Å². The molecule has 0 bridgehead atoms. The fourth-order valence-electron chi connectivity index (χ4n) is 2.15. The lowest BCUT2D eigenvalue weighted by Gasteiger charge is -2.26. The van der Waals surface area contributed by atoms with Crippen LogP contribution in [0.1, 0.15) is 0 Å². The summed E-state index contributed by atoms with van der Waals surface area (Å²) in [5, 5.41) is 0. The molecule has 0 saturated carbocycles. The summed E-state index contributed by atoms with van der Waals surface area (Å²) in [6.45, 7) is 1.58. The Labute approximate surface area is 135 Å². The van der Waals surface area contributed by atoms with E-state index in [4.69, 9.17) is 14.2 Å². The van der Waals surface area contributed by atoms with Crippen molar-refractivity contribution in [3.05, 3.63) is 18.2 Å². The molecule has 0 aromatic heterocycles. The lowest BCUT2D eigenvalue weighted by Crippen LogP contribution is -2.45. The molecule has 8 nitrogen and oxygen atoms in total. The number of hydrogen-bond acceptors (Lipinski definition) is 6. The largest absolute Gasteiger partial charge is 0.493 e. The first kappa shape index (κ1) is 17.5. The van der Waals surface area contributed by atoms with Crippen LogP contribution >= 0.6 is 0 Å². The molecule has 128 valence electrons. The third-order valence-corrected chi connectivity index (χ3v) is 4.84. The number of benzene rings is 1. The molecule has 0 unspecified atom stereocenters. The van der Waals surface area contributed by atoms with Gasteiger partial charge in [0, 0.05) is 19.2 Å². The average molecular weight is 344 g/mol. The predicted octanol–water partition coefficient (Wildman–Crippen LogP) is -0.159. The first-order valence-electron chi connectivity index (χ1n) is 7.05. The number of carbonyl (C=O) groups excluding carboxylic acids is 1. The highest BCUT2D eigenvalue weighted by molar-refractivity contribution is 7.89. The number of morpholine rings is 1. The van der Waals surface area contributed by atoms with Gasteiger partial charge in [-0.2, -0.15) is 0 Å². The number of nitrogens with one attached hydrogen (secondary N) is 1. The first-order chi connectivity index (χ1) is 11.0. The highest BCUT2D eigenvalue weighted by Gasteiger charge is 2.21. The van der Waals surface area contributed by atoms with Crippen molar-refractivity contribution in [2.45, 2.75) is 4.90 Å². The first-order valence-corrected chi connectivity index (χ1v) is 8.53. The summed E-state index contributed by atoms with van der Waals surface area (Å²) in [5.41, 5.74) is 0. The van der Waals surface area contributed by atoms with E-state index in [0.717, 1.165) is 0 Å². The number of hydrogen-bond donors (Lipinski definition) is 1. The van der Waals surface area contributed by atoms with Crippen LogP contribution in [0.2, 0.25) is 0 Å². The molecule has 0 aliphatic carbocycles. The molecule has 0 atom stereocenters. The molecule has 1 saturated heterocycles. The number of nitrogens with zero attached hydrogens (tertiary/aromatic N) is 1. The van der Waals surface area contributed by atoms with Crippen LogP contribution in [0.3, 0.4) is 0 Å². The second-order valence-electron chi connectivity index (χ2n) is 4.83. The maximum Gasteiger partial charge on any atom is 0.241 e. The molecule has 1 heterocycles. The maximum atomic E-state index is 12.3. The summed E-state index contributed by atoms with van der Waals surface area (Å²) in [5.74, 6) is 0.447. The number of amides is 1. The fourth-order valence-corrected chi connectivity index (χ4v) is 3.14. The molecule has 1 fully saturated rings. The minimum Gasteiger partial charge on any atom is -0.493 e. The van der Waals surface area contributed by atoms with E-state index in [1.807, 2.05) is 0 Å². The molecule has 1 N–H and O–H groups in total. The summed E-state index contributed by atoms with van der Waals surface area (Å²) in [6, 6.07) is 4.24. The topological polar surface area (TPSA) is 94.2 Å². The van der Waals surface area contributed by atoms with E-state index >= 15 is 0 Å². The van der Waals surface area contributed by atoms with Crippen LogP contribution in [0.25, 0.3) is 0 Å². The van der Waals surface area contributed by atoms with E-state index in [1.54, 1.807) is 4.90 Å². The second-order valence-corrected chi connectivity index (χ2v) is 6.60. The third kappa shape index (κ3) is 4.34. The van der Waals surface area contributed by atoms with Gasteiger partial charge in [0.05, 0.1) is 38.9 Å². The number of rotatable bonds is 6. The Bertz CT molecular complexity index is 655. The number of methoxy groups -OCH3 is 2.